The van der Waals surface area contributed by atoms with Crippen molar-refractivity contribution in [1.29, 1.82) is 0 Å². The molecule has 0 aliphatic rings. The summed E-state index contributed by atoms with van der Waals surface area (Å²) in [4.78, 5) is 17.1. The molecule has 0 radical (unpaired) electrons. The van der Waals surface area contributed by atoms with Crippen LogP contribution >= 0.6 is 11.6 Å². The summed E-state index contributed by atoms with van der Waals surface area (Å²) in [5.74, 6) is -2.16. The molecule has 0 saturated heterocycles. The molecule has 0 spiro atoms. The van der Waals surface area contributed by atoms with Gasteiger partial charge in [0, 0.05) is 4.53 Å². The van der Waals surface area contributed by atoms with Crippen molar-refractivity contribution in [3.63, 3.8) is 0 Å². The lowest BCUT2D eigenvalue weighted by Gasteiger charge is -2.10. The van der Waals surface area contributed by atoms with Crippen molar-refractivity contribution in [2.45, 2.75) is 19.4 Å². The molecule has 5 nitrogen and oxygen atoms in total. The van der Waals surface area contributed by atoms with Crippen molar-refractivity contribution < 1.29 is 23.8 Å². The van der Waals surface area contributed by atoms with E-state index in [1.807, 2.05) is 0 Å². The van der Waals surface area contributed by atoms with Crippen LogP contribution < -0.4 is 0 Å². The van der Waals surface area contributed by atoms with Gasteiger partial charge in [0.1, 0.15) is 5.60 Å². The van der Waals surface area contributed by atoms with Gasteiger partial charge in [0.15, 0.2) is 5.15 Å². The Balaban J connectivity index is 3.12. The largest absolute Gasteiger partial charge is 0.429 e. The van der Waals surface area contributed by atoms with E-state index >= 15 is 0 Å². The molecule has 0 aliphatic heterocycles. The maximum atomic E-state index is 11.5. The van der Waals surface area contributed by atoms with Crippen LogP contribution in [0.25, 0.3) is 0 Å². The van der Waals surface area contributed by atoms with Gasteiger partial charge in [0.05, 0.1) is 0 Å². The summed E-state index contributed by atoms with van der Waals surface area (Å²) in [7, 11) is 0. The molecule has 0 aliphatic carbocycles. The van der Waals surface area contributed by atoms with Gasteiger partial charge >= 0.3 is 5.97 Å². The summed E-state index contributed by atoms with van der Waals surface area (Å²) >= 11 is 5.44. The Kier molecular flexibility index (Phi) is 2.77. The van der Waals surface area contributed by atoms with Gasteiger partial charge in [-0.15, -0.1) is 0 Å². The Morgan fingerprint density at radius 2 is 2.29 bits per heavy atom. The minimum absolute atomic E-state index is 0.192. The quantitative estimate of drug-likeness (QED) is 0.824. The van der Waals surface area contributed by atoms with Crippen LogP contribution in [-0.2, 0) is 10.5 Å². The second kappa shape index (κ2) is 3.55. The fourth-order valence-corrected chi connectivity index (χ4v) is 0.917. The van der Waals surface area contributed by atoms with Crippen LogP contribution in [0.1, 0.15) is 30.3 Å². The first-order valence-electron chi connectivity index (χ1n) is 3.58. The first-order chi connectivity index (χ1) is 6.36. The standard InChI is InChI=1S/C7H7ClFNO4/c1-7(2,12)6-10-4(8)3(13-6)5(11)14-9/h12H,1-2H3. The van der Waals surface area contributed by atoms with Gasteiger partial charge in [-0.25, -0.2) is 9.74 Å². The van der Waals surface area contributed by atoms with Gasteiger partial charge in [-0.3, -0.25) is 0 Å². The molecule has 14 heavy (non-hydrogen) atoms. The van der Waals surface area contributed by atoms with Crippen molar-refractivity contribution in [3.05, 3.63) is 16.8 Å². The number of carbonyl (C=O) groups excluding carboxylic acids is 1. The van der Waals surface area contributed by atoms with Crippen molar-refractivity contribution in [2.24, 2.45) is 0 Å². The van der Waals surface area contributed by atoms with Gasteiger partial charge in [-0.2, -0.15) is 4.98 Å². The first kappa shape index (κ1) is 10.9. The Morgan fingerprint density at radius 1 is 1.71 bits per heavy atom. The van der Waals surface area contributed by atoms with E-state index in [4.69, 9.17) is 16.0 Å². The molecule has 0 fully saturated rings. The SMILES string of the molecule is CC(C)(O)c1nc(Cl)c(C(=O)OF)o1. The van der Waals surface area contributed by atoms with Gasteiger partial charge in [-0.05, 0) is 13.8 Å². The highest BCUT2D eigenvalue weighted by Crippen LogP contribution is 2.25. The lowest BCUT2D eigenvalue weighted by Crippen LogP contribution is -2.15. The second-order valence-electron chi connectivity index (χ2n) is 3.06. The van der Waals surface area contributed by atoms with E-state index in [9.17, 15) is 14.4 Å². The molecule has 0 unspecified atom stereocenters. The smallest absolute Gasteiger partial charge is 0.417 e. The first-order valence-corrected chi connectivity index (χ1v) is 3.96. The lowest BCUT2D eigenvalue weighted by atomic mass is 10.1. The Labute approximate surface area is 83.3 Å². The summed E-state index contributed by atoms with van der Waals surface area (Å²) < 4.78 is 16.2. The zero-order valence-corrected chi connectivity index (χ0v) is 8.13. The van der Waals surface area contributed by atoms with Crippen molar-refractivity contribution in [2.75, 3.05) is 0 Å². The number of oxazole rings is 1. The highest BCUT2D eigenvalue weighted by molar-refractivity contribution is 6.31. The van der Waals surface area contributed by atoms with Crippen molar-refractivity contribution in [1.82, 2.24) is 4.98 Å². The zero-order chi connectivity index (χ0) is 10.9. The van der Waals surface area contributed by atoms with Crippen LogP contribution in [0.15, 0.2) is 4.42 Å². The van der Waals surface area contributed by atoms with Crippen LogP contribution in [0.3, 0.4) is 0 Å². The fourth-order valence-electron chi connectivity index (χ4n) is 0.724. The molecule has 0 aromatic carbocycles. The average Bonchev–Trinajstić information content (AvgIpc) is 2.45. The molecule has 7 heteroatoms. The van der Waals surface area contributed by atoms with E-state index in [1.54, 1.807) is 0 Å². The van der Waals surface area contributed by atoms with E-state index in [0.29, 0.717) is 0 Å². The Morgan fingerprint density at radius 3 is 2.64 bits per heavy atom. The van der Waals surface area contributed by atoms with E-state index in [0.717, 1.165) is 0 Å². The molecule has 78 valence electrons. The summed E-state index contributed by atoms with van der Waals surface area (Å²) in [6.07, 6.45) is 0. The van der Waals surface area contributed by atoms with Gasteiger partial charge in [0.25, 0.3) is 5.76 Å². The molecule has 0 atom stereocenters. The Hall–Kier alpha value is -1.14. The summed E-state index contributed by atoms with van der Waals surface area (Å²) in [6.45, 7) is 2.75. The van der Waals surface area contributed by atoms with Crippen LogP contribution in [-0.4, -0.2) is 16.1 Å². The third kappa shape index (κ3) is 2.02. The molecular weight excluding hydrogens is 217 g/mol. The van der Waals surface area contributed by atoms with Crippen LogP contribution in [0.4, 0.5) is 4.53 Å². The number of hydrogen-bond donors (Lipinski definition) is 1. The van der Waals surface area contributed by atoms with Gasteiger partial charge in [0.2, 0.25) is 5.89 Å². The van der Waals surface area contributed by atoms with Crippen molar-refractivity contribution >= 4 is 17.6 Å². The molecule has 1 N–H and O–H groups in total. The minimum atomic E-state index is -1.40. The van der Waals surface area contributed by atoms with E-state index in [1.165, 1.54) is 13.8 Å². The highest BCUT2D eigenvalue weighted by atomic mass is 35.5. The molecule has 0 amide bonds. The maximum Gasteiger partial charge on any atom is 0.417 e. The number of halogens is 2. The third-order valence-corrected chi connectivity index (χ3v) is 1.62. The topological polar surface area (TPSA) is 72.6 Å². The lowest BCUT2D eigenvalue weighted by molar-refractivity contribution is -0.0816. The highest BCUT2D eigenvalue weighted by Gasteiger charge is 2.28. The van der Waals surface area contributed by atoms with Crippen LogP contribution in [0.5, 0.6) is 0 Å². The molecule has 1 aromatic rings. The maximum absolute atomic E-state index is 11.5. The summed E-state index contributed by atoms with van der Waals surface area (Å²) in [6, 6.07) is 0. The summed E-state index contributed by atoms with van der Waals surface area (Å²) in [5, 5.41) is 9.06. The number of hydrogen-bond acceptors (Lipinski definition) is 5. The van der Waals surface area contributed by atoms with E-state index in [-0.39, 0.29) is 11.0 Å². The van der Waals surface area contributed by atoms with E-state index in [2.05, 4.69) is 9.93 Å². The zero-order valence-electron chi connectivity index (χ0n) is 7.38. The van der Waals surface area contributed by atoms with Crippen LogP contribution in [0.2, 0.25) is 5.15 Å². The second-order valence-corrected chi connectivity index (χ2v) is 3.42. The number of nitrogens with zero attached hydrogens (tertiary/aromatic N) is 1. The van der Waals surface area contributed by atoms with Crippen molar-refractivity contribution in [3.8, 4) is 0 Å². The van der Waals surface area contributed by atoms with Gasteiger partial charge in [-0.1, -0.05) is 11.6 Å². The fraction of sp³-hybridized carbons (Fsp3) is 0.429. The molecule has 0 bridgehead atoms. The molecular formula is C7H7ClFNO4. The normalized spacial score (nSPS) is 11.5. The molecule has 1 rings (SSSR count). The minimum Gasteiger partial charge on any atom is -0.429 e. The number of aromatic nitrogens is 1. The van der Waals surface area contributed by atoms with E-state index < -0.39 is 17.3 Å². The molecule has 0 saturated carbocycles. The number of aliphatic hydroxyl groups is 1. The average molecular weight is 224 g/mol. The monoisotopic (exact) mass is 223 g/mol. The van der Waals surface area contributed by atoms with Crippen LogP contribution in [0, 0.1) is 0 Å². The summed E-state index contributed by atoms with van der Waals surface area (Å²) in [5.41, 5.74) is -1.40. The van der Waals surface area contributed by atoms with Gasteiger partial charge < -0.3 is 9.52 Å². The molecule has 1 heterocycles. The predicted octanol–water partition coefficient (Wildman–Crippen LogP) is 1.60. The predicted molar refractivity (Wildman–Crippen MR) is 43.3 cm³/mol. The Bertz CT molecular complexity index is 357. The third-order valence-electron chi connectivity index (χ3n) is 1.36. The molecule has 1 aromatic heterocycles. The number of rotatable bonds is 2. The number of carbonyl (C=O) groups is 1.